The number of nitrogens with zero attached hydrogens (tertiary/aromatic N) is 5. The first-order valence-electron chi connectivity index (χ1n) is 9.11. The van der Waals surface area contributed by atoms with Gasteiger partial charge in [-0.1, -0.05) is 30.0 Å². The van der Waals surface area contributed by atoms with Crippen LogP contribution in [0.15, 0.2) is 47.6 Å². The molecule has 10 nitrogen and oxygen atoms in total. The van der Waals surface area contributed by atoms with Gasteiger partial charge in [0.15, 0.2) is 5.69 Å². The van der Waals surface area contributed by atoms with E-state index in [1.54, 1.807) is 30.5 Å². The minimum absolute atomic E-state index is 0.161. The molecule has 31 heavy (non-hydrogen) atoms. The summed E-state index contributed by atoms with van der Waals surface area (Å²) in [6.07, 6.45) is 0.720. The molecular weight excluding hydrogens is 422 g/mol. The lowest BCUT2D eigenvalue weighted by Gasteiger charge is -2.30. The number of methoxy groups -OCH3 is 1. The molecular formula is C20H17N5O5S. The SMILES string of the molecule is COc1ccc([N+](=O)[O-])cc1[C@H]1Oc2nc(SC)nnc2-c2ccccc2N1C(C)=O. The topological polar surface area (TPSA) is 121 Å². The second-order valence-corrected chi connectivity index (χ2v) is 7.29. The summed E-state index contributed by atoms with van der Waals surface area (Å²) < 4.78 is 11.6. The van der Waals surface area contributed by atoms with Crippen molar-refractivity contribution in [3.63, 3.8) is 0 Å². The lowest BCUT2D eigenvalue weighted by Crippen LogP contribution is -2.36. The van der Waals surface area contributed by atoms with Crippen LogP contribution in [0.2, 0.25) is 0 Å². The molecule has 0 aliphatic carbocycles. The third-order valence-electron chi connectivity index (χ3n) is 4.72. The number of ether oxygens (including phenoxy) is 2. The zero-order chi connectivity index (χ0) is 22.1. The van der Waals surface area contributed by atoms with Crippen LogP contribution in [0.1, 0.15) is 18.7 Å². The van der Waals surface area contributed by atoms with Crippen LogP contribution in [0.5, 0.6) is 11.6 Å². The Morgan fingerprint density at radius 3 is 2.71 bits per heavy atom. The first kappa shape index (κ1) is 20.5. The highest BCUT2D eigenvalue weighted by molar-refractivity contribution is 7.98. The Kier molecular flexibility index (Phi) is 5.42. The summed E-state index contributed by atoms with van der Waals surface area (Å²) in [4.78, 5) is 29.5. The van der Waals surface area contributed by atoms with Crippen molar-refractivity contribution in [1.82, 2.24) is 15.2 Å². The first-order chi connectivity index (χ1) is 14.9. The van der Waals surface area contributed by atoms with Crippen LogP contribution < -0.4 is 14.4 Å². The predicted molar refractivity (Wildman–Crippen MR) is 113 cm³/mol. The number of rotatable bonds is 4. The predicted octanol–water partition coefficient (Wildman–Crippen LogP) is 3.62. The van der Waals surface area contributed by atoms with Gasteiger partial charge in [0.1, 0.15) is 5.75 Å². The van der Waals surface area contributed by atoms with Crippen LogP contribution in [0.25, 0.3) is 11.3 Å². The lowest BCUT2D eigenvalue weighted by molar-refractivity contribution is -0.385. The minimum atomic E-state index is -1.08. The van der Waals surface area contributed by atoms with Crippen LogP contribution in [0.3, 0.4) is 0 Å². The molecule has 0 bridgehead atoms. The number of thioether (sulfide) groups is 1. The van der Waals surface area contributed by atoms with E-state index in [1.165, 1.54) is 48.9 Å². The Hall–Kier alpha value is -3.73. The third-order valence-corrected chi connectivity index (χ3v) is 5.26. The number of nitro groups is 1. The van der Waals surface area contributed by atoms with Gasteiger partial charge in [0.25, 0.3) is 5.69 Å². The van der Waals surface area contributed by atoms with Crippen molar-refractivity contribution in [1.29, 1.82) is 0 Å². The molecule has 1 aromatic heterocycles. The maximum Gasteiger partial charge on any atom is 0.270 e. The number of anilines is 1. The molecule has 1 amide bonds. The van der Waals surface area contributed by atoms with E-state index in [-0.39, 0.29) is 17.5 Å². The molecule has 0 saturated carbocycles. The molecule has 1 aliphatic heterocycles. The molecule has 0 unspecified atom stereocenters. The van der Waals surface area contributed by atoms with Crippen molar-refractivity contribution in [2.75, 3.05) is 18.3 Å². The number of fused-ring (bicyclic) bond motifs is 3. The standard InChI is InChI=1S/C20H17N5O5S/c1-11(26)24-15-7-5-4-6-13(15)17-18(21-20(31-3)23-22-17)30-19(24)14-10-12(25(27)28)8-9-16(14)29-2/h4-10,19H,1-3H3/t19-/m1/s1. The minimum Gasteiger partial charge on any atom is -0.496 e. The fourth-order valence-corrected chi connectivity index (χ4v) is 3.67. The zero-order valence-corrected chi connectivity index (χ0v) is 17.6. The molecule has 2 heterocycles. The number of aromatic nitrogens is 3. The van der Waals surface area contributed by atoms with Gasteiger partial charge in [0, 0.05) is 24.6 Å². The number of carbonyl (C=O) groups excluding carboxylic acids is 1. The lowest BCUT2D eigenvalue weighted by atomic mass is 10.1. The van der Waals surface area contributed by atoms with E-state index >= 15 is 0 Å². The Morgan fingerprint density at radius 2 is 2.03 bits per heavy atom. The van der Waals surface area contributed by atoms with Crippen LogP contribution in [-0.2, 0) is 4.79 Å². The van der Waals surface area contributed by atoms with Crippen molar-refractivity contribution in [2.45, 2.75) is 18.3 Å². The van der Waals surface area contributed by atoms with Crippen molar-refractivity contribution < 1.29 is 19.2 Å². The molecule has 4 rings (SSSR count). The highest BCUT2D eigenvalue weighted by atomic mass is 32.2. The maximum atomic E-state index is 12.8. The Bertz CT molecular complexity index is 1190. The van der Waals surface area contributed by atoms with Crippen LogP contribution in [0, 0.1) is 10.1 Å². The number of non-ortho nitro benzene ring substituents is 1. The van der Waals surface area contributed by atoms with Gasteiger partial charge in [-0.15, -0.1) is 10.2 Å². The van der Waals surface area contributed by atoms with Gasteiger partial charge in [-0.05, 0) is 18.4 Å². The molecule has 2 aromatic carbocycles. The van der Waals surface area contributed by atoms with Crippen molar-refractivity contribution in [2.24, 2.45) is 0 Å². The summed E-state index contributed by atoms with van der Waals surface area (Å²) in [6.45, 7) is 1.39. The fraction of sp³-hybridized carbons (Fsp3) is 0.200. The molecule has 1 atom stereocenters. The second-order valence-electron chi connectivity index (χ2n) is 6.51. The second kappa shape index (κ2) is 8.19. The highest BCUT2D eigenvalue weighted by Crippen LogP contribution is 2.45. The van der Waals surface area contributed by atoms with Crippen LogP contribution in [-0.4, -0.2) is 39.4 Å². The summed E-state index contributed by atoms with van der Waals surface area (Å²) in [5.74, 6) is 0.154. The average Bonchev–Trinajstić information content (AvgIpc) is 2.92. The van der Waals surface area contributed by atoms with Crippen LogP contribution >= 0.6 is 11.8 Å². The van der Waals surface area contributed by atoms with E-state index in [0.29, 0.717) is 33.4 Å². The summed E-state index contributed by atoms with van der Waals surface area (Å²) in [6, 6.07) is 11.2. The van der Waals surface area contributed by atoms with E-state index in [0.717, 1.165) is 0 Å². The molecule has 0 radical (unpaired) electrons. The monoisotopic (exact) mass is 439 g/mol. The van der Waals surface area contributed by atoms with Gasteiger partial charge in [-0.2, -0.15) is 4.98 Å². The number of hydrogen-bond donors (Lipinski definition) is 0. The van der Waals surface area contributed by atoms with E-state index in [9.17, 15) is 14.9 Å². The summed E-state index contributed by atoms with van der Waals surface area (Å²) in [5.41, 5.74) is 1.63. The maximum absolute atomic E-state index is 12.8. The van der Waals surface area contributed by atoms with Crippen molar-refractivity contribution in [3.8, 4) is 22.9 Å². The third kappa shape index (κ3) is 3.63. The molecule has 1 aliphatic rings. The van der Waals surface area contributed by atoms with Gasteiger partial charge in [0.05, 0.1) is 23.3 Å². The quantitative estimate of drug-likeness (QED) is 0.341. The highest BCUT2D eigenvalue weighted by Gasteiger charge is 2.36. The molecule has 3 aromatic rings. The van der Waals surface area contributed by atoms with Gasteiger partial charge < -0.3 is 9.47 Å². The van der Waals surface area contributed by atoms with Crippen LogP contribution in [0.4, 0.5) is 11.4 Å². The number of hydrogen-bond acceptors (Lipinski definition) is 9. The molecule has 0 saturated heterocycles. The molecule has 0 N–H and O–H groups in total. The van der Waals surface area contributed by atoms with E-state index < -0.39 is 11.2 Å². The molecule has 158 valence electrons. The average molecular weight is 439 g/mol. The molecule has 0 spiro atoms. The first-order valence-corrected chi connectivity index (χ1v) is 10.3. The van der Waals surface area contributed by atoms with Gasteiger partial charge in [0.2, 0.25) is 23.2 Å². The van der Waals surface area contributed by atoms with Gasteiger partial charge in [-0.3, -0.25) is 19.8 Å². The Labute approximate surface area is 181 Å². The number of para-hydroxylation sites is 1. The molecule has 11 heteroatoms. The van der Waals surface area contributed by atoms with Gasteiger partial charge in [-0.25, -0.2) is 0 Å². The fourth-order valence-electron chi connectivity index (χ4n) is 3.37. The zero-order valence-electron chi connectivity index (χ0n) is 16.8. The number of amides is 1. The summed E-state index contributed by atoms with van der Waals surface area (Å²) in [5, 5.41) is 20.2. The number of carbonyl (C=O) groups is 1. The number of nitro benzene ring substituents is 1. The smallest absolute Gasteiger partial charge is 0.270 e. The van der Waals surface area contributed by atoms with E-state index in [1.807, 2.05) is 0 Å². The summed E-state index contributed by atoms with van der Waals surface area (Å²) in [7, 11) is 1.44. The van der Waals surface area contributed by atoms with E-state index in [2.05, 4.69) is 15.2 Å². The largest absolute Gasteiger partial charge is 0.496 e. The van der Waals surface area contributed by atoms with Crippen molar-refractivity contribution >= 4 is 29.0 Å². The normalized spacial score (nSPS) is 14.7. The van der Waals surface area contributed by atoms with E-state index in [4.69, 9.17) is 9.47 Å². The molecule has 0 fully saturated rings. The van der Waals surface area contributed by atoms with Gasteiger partial charge >= 0.3 is 0 Å². The number of benzene rings is 2. The van der Waals surface area contributed by atoms with Crippen molar-refractivity contribution in [3.05, 3.63) is 58.1 Å². The Morgan fingerprint density at radius 1 is 1.26 bits per heavy atom. The Balaban J connectivity index is 2.01. The summed E-state index contributed by atoms with van der Waals surface area (Å²) >= 11 is 1.29.